The molecule has 31 heavy (non-hydrogen) atoms. The summed E-state index contributed by atoms with van der Waals surface area (Å²) in [7, 11) is 3.03. The second-order valence-electron chi connectivity index (χ2n) is 6.11. The van der Waals surface area contributed by atoms with Gasteiger partial charge < -0.3 is 19.3 Å². The zero-order valence-electron chi connectivity index (χ0n) is 16.5. The molecule has 1 amide bonds. The fourth-order valence-electron chi connectivity index (χ4n) is 2.57. The first-order valence-corrected chi connectivity index (χ1v) is 10.4. The molecular weight excluding hydrogens is 463 g/mol. The summed E-state index contributed by atoms with van der Waals surface area (Å²) in [4.78, 5) is 13.1. The van der Waals surface area contributed by atoms with Crippen molar-refractivity contribution >= 4 is 46.7 Å². The number of ether oxygens (including phenoxy) is 3. The van der Waals surface area contributed by atoms with E-state index in [4.69, 9.17) is 37.4 Å². The van der Waals surface area contributed by atoms with Crippen LogP contribution in [0, 0.1) is 0 Å². The monoisotopic (exact) mass is 480 g/mol. The minimum Gasteiger partial charge on any atom is -0.506 e. The van der Waals surface area contributed by atoms with Crippen molar-refractivity contribution in [2.75, 3.05) is 14.2 Å². The molecule has 1 aromatic heterocycles. The fraction of sp³-hybridized carbons (Fsp3) is 0.143. The normalized spacial score (nSPS) is 10.8. The van der Waals surface area contributed by atoms with Crippen molar-refractivity contribution in [1.82, 2.24) is 5.43 Å². The van der Waals surface area contributed by atoms with Crippen LogP contribution in [0.2, 0.25) is 9.36 Å². The Morgan fingerprint density at radius 1 is 1.13 bits per heavy atom. The summed E-state index contributed by atoms with van der Waals surface area (Å²) in [6.45, 7) is 0.308. The number of thiophene rings is 1. The Morgan fingerprint density at radius 3 is 2.42 bits per heavy atom. The molecule has 10 heteroatoms. The van der Waals surface area contributed by atoms with Crippen LogP contribution in [-0.4, -0.2) is 31.4 Å². The number of carbonyl (C=O) groups excluding carboxylic acids is 1. The first-order valence-electron chi connectivity index (χ1n) is 8.86. The van der Waals surface area contributed by atoms with Crippen molar-refractivity contribution in [3.8, 4) is 23.0 Å². The van der Waals surface area contributed by atoms with Gasteiger partial charge >= 0.3 is 0 Å². The van der Waals surface area contributed by atoms with E-state index in [0.717, 1.165) is 4.88 Å². The summed E-state index contributed by atoms with van der Waals surface area (Å²) in [6.07, 6.45) is 1.44. The summed E-state index contributed by atoms with van der Waals surface area (Å²) < 4.78 is 17.4. The molecule has 1 heterocycles. The molecule has 7 nitrogen and oxygen atoms in total. The second-order valence-corrected chi connectivity index (χ2v) is 8.32. The number of amides is 1. The lowest BCUT2D eigenvalue weighted by Crippen LogP contribution is -2.17. The number of hydrazone groups is 1. The third-order valence-electron chi connectivity index (χ3n) is 4.06. The highest BCUT2D eigenvalue weighted by Gasteiger charge is 2.15. The highest BCUT2D eigenvalue weighted by molar-refractivity contribution is 7.16. The zero-order valence-corrected chi connectivity index (χ0v) is 18.8. The Morgan fingerprint density at radius 2 is 1.84 bits per heavy atom. The van der Waals surface area contributed by atoms with Crippen molar-refractivity contribution in [2.24, 2.45) is 5.10 Å². The molecule has 0 spiro atoms. The van der Waals surface area contributed by atoms with E-state index in [1.807, 2.05) is 6.07 Å². The molecule has 0 radical (unpaired) electrons. The summed E-state index contributed by atoms with van der Waals surface area (Å²) in [5.41, 5.74) is 3.27. The molecule has 0 saturated heterocycles. The van der Waals surface area contributed by atoms with Crippen molar-refractivity contribution in [1.29, 1.82) is 0 Å². The highest BCUT2D eigenvalue weighted by Crippen LogP contribution is 2.39. The van der Waals surface area contributed by atoms with Gasteiger partial charge in [-0.25, -0.2) is 5.43 Å². The van der Waals surface area contributed by atoms with Crippen LogP contribution in [0.3, 0.4) is 0 Å². The van der Waals surface area contributed by atoms with Gasteiger partial charge in [-0.1, -0.05) is 23.2 Å². The number of halogens is 2. The summed E-state index contributed by atoms with van der Waals surface area (Å²) in [6, 6.07) is 11.2. The Kier molecular flexibility index (Phi) is 7.62. The van der Waals surface area contributed by atoms with Gasteiger partial charge in [-0.15, -0.1) is 11.3 Å². The number of nitrogens with one attached hydrogen (secondary N) is 1. The van der Waals surface area contributed by atoms with Crippen LogP contribution in [-0.2, 0) is 6.61 Å². The van der Waals surface area contributed by atoms with Crippen LogP contribution < -0.4 is 19.6 Å². The molecule has 3 aromatic rings. The minimum atomic E-state index is -0.480. The number of hydrogen-bond acceptors (Lipinski definition) is 7. The van der Waals surface area contributed by atoms with Gasteiger partial charge in [0.15, 0.2) is 11.5 Å². The molecule has 0 aliphatic heterocycles. The molecule has 0 bridgehead atoms. The maximum Gasteiger partial charge on any atom is 0.271 e. The van der Waals surface area contributed by atoms with Gasteiger partial charge in [-0.2, -0.15) is 5.10 Å². The van der Waals surface area contributed by atoms with Crippen LogP contribution in [0.4, 0.5) is 0 Å². The Bertz CT molecular complexity index is 1090. The van der Waals surface area contributed by atoms with E-state index >= 15 is 0 Å². The van der Waals surface area contributed by atoms with Crippen LogP contribution >= 0.6 is 34.5 Å². The number of phenolic OH excluding ortho intramolecular Hbond substituents is 1. The molecule has 2 N–H and O–H groups in total. The number of hydrogen-bond donors (Lipinski definition) is 2. The minimum absolute atomic E-state index is 0.0755. The summed E-state index contributed by atoms with van der Waals surface area (Å²) in [5.74, 6) is 0.742. The van der Waals surface area contributed by atoms with Crippen LogP contribution in [0.5, 0.6) is 23.0 Å². The summed E-state index contributed by atoms with van der Waals surface area (Å²) in [5, 5.41) is 13.5. The number of rotatable bonds is 8. The standard InChI is InChI=1S/C21H18Cl2N2O5S/c1-28-17-7-12(10-24-25-21(27)13-3-5-16(26)15(22)9-13)8-18(29-2)20(17)30-11-14-4-6-19(23)31-14/h3-10,26H,11H2,1-2H3,(H,25,27). The molecule has 162 valence electrons. The predicted molar refractivity (Wildman–Crippen MR) is 121 cm³/mol. The van der Waals surface area contributed by atoms with Gasteiger partial charge in [0.25, 0.3) is 5.91 Å². The smallest absolute Gasteiger partial charge is 0.271 e. The largest absolute Gasteiger partial charge is 0.506 e. The van der Waals surface area contributed by atoms with Crippen LogP contribution in [0.15, 0.2) is 47.6 Å². The molecule has 0 aliphatic carbocycles. The fourth-order valence-corrected chi connectivity index (χ4v) is 3.75. The van der Waals surface area contributed by atoms with Crippen molar-refractivity contribution in [3.05, 3.63) is 67.8 Å². The number of phenols is 1. The first-order chi connectivity index (χ1) is 14.9. The lowest BCUT2D eigenvalue weighted by atomic mass is 10.2. The first kappa shape index (κ1) is 22.7. The molecule has 0 saturated carbocycles. The predicted octanol–water partition coefficient (Wildman–Crippen LogP) is 5.12. The van der Waals surface area contributed by atoms with Crippen LogP contribution in [0.1, 0.15) is 20.8 Å². The topological polar surface area (TPSA) is 89.4 Å². The van der Waals surface area contributed by atoms with E-state index in [9.17, 15) is 9.90 Å². The van der Waals surface area contributed by atoms with Crippen molar-refractivity contribution in [2.45, 2.75) is 6.61 Å². The van der Waals surface area contributed by atoms with Gasteiger partial charge in [-0.3, -0.25) is 4.79 Å². The molecule has 0 aliphatic rings. The number of carbonyl (C=O) groups is 1. The van der Waals surface area contributed by atoms with E-state index in [0.29, 0.717) is 33.8 Å². The molecule has 2 aromatic carbocycles. The Balaban J connectivity index is 1.73. The van der Waals surface area contributed by atoms with E-state index in [1.165, 1.54) is 50.0 Å². The van der Waals surface area contributed by atoms with Gasteiger partial charge in [0.2, 0.25) is 5.75 Å². The zero-order chi connectivity index (χ0) is 22.4. The van der Waals surface area contributed by atoms with E-state index in [-0.39, 0.29) is 16.3 Å². The molecule has 3 rings (SSSR count). The lowest BCUT2D eigenvalue weighted by Gasteiger charge is -2.14. The second kappa shape index (κ2) is 10.4. The van der Waals surface area contributed by atoms with Crippen LogP contribution in [0.25, 0.3) is 0 Å². The van der Waals surface area contributed by atoms with Gasteiger partial charge in [0.05, 0.1) is 29.8 Å². The maximum absolute atomic E-state index is 12.2. The number of aromatic hydroxyl groups is 1. The van der Waals surface area contributed by atoms with Gasteiger partial charge in [-0.05, 0) is 42.5 Å². The van der Waals surface area contributed by atoms with E-state index in [1.54, 1.807) is 18.2 Å². The van der Waals surface area contributed by atoms with Gasteiger partial charge in [0, 0.05) is 16.0 Å². The Labute approximate surface area is 192 Å². The number of benzene rings is 2. The van der Waals surface area contributed by atoms with Gasteiger partial charge in [0.1, 0.15) is 12.4 Å². The number of methoxy groups -OCH3 is 2. The average Bonchev–Trinajstić information content (AvgIpc) is 3.18. The molecule has 0 unspecified atom stereocenters. The summed E-state index contributed by atoms with van der Waals surface area (Å²) >= 11 is 13.2. The van der Waals surface area contributed by atoms with Crippen molar-refractivity contribution < 1.29 is 24.1 Å². The van der Waals surface area contributed by atoms with E-state index in [2.05, 4.69) is 10.5 Å². The molecule has 0 fully saturated rings. The highest BCUT2D eigenvalue weighted by atomic mass is 35.5. The average molecular weight is 481 g/mol. The maximum atomic E-state index is 12.2. The molecule has 0 atom stereocenters. The lowest BCUT2D eigenvalue weighted by molar-refractivity contribution is 0.0955. The van der Waals surface area contributed by atoms with Crippen molar-refractivity contribution in [3.63, 3.8) is 0 Å². The molecular formula is C21H18Cl2N2O5S. The Hall–Kier alpha value is -2.94. The quantitative estimate of drug-likeness (QED) is 0.344. The van der Waals surface area contributed by atoms with E-state index < -0.39 is 5.91 Å². The number of nitrogens with zero attached hydrogens (tertiary/aromatic N) is 1. The third-order valence-corrected chi connectivity index (χ3v) is 5.57. The SMILES string of the molecule is COc1cc(C=NNC(=O)c2ccc(O)c(Cl)c2)cc(OC)c1OCc1ccc(Cl)s1. The third kappa shape index (κ3) is 5.81.